The molecule has 0 spiro atoms. The van der Waals surface area contributed by atoms with Gasteiger partial charge < -0.3 is 25.5 Å². The number of hydrogen-bond donors (Lipinski definition) is 3. The summed E-state index contributed by atoms with van der Waals surface area (Å²) in [4.78, 5) is 34.9. The maximum Gasteiger partial charge on any atom is 0.252 e. The van der Waals surface area contributed by atoms with Crippen LogP contribution in [0.1, 0.15) is 35.3 Å². The van der Waals surface area contributed by atoms with Crippen LogP contribution in [-0.4, -0.2) is 47.3 Å². The van der Waals surface area contributed by atoms with Crippen molar-refractivity contribution in [3.05, 3.63) is 77.6 Å². The van der Waals surface area contributed by atoms with Crippen LogP contribution in [0.25, 0.3) is 0 Å². The lowest BCUT2D eigenvalue weighted by Gasteiger charge is -2.22. The fourth-order valence-electron chi connectivity index (χ4n) is 3.69. The number of ether oxygens (including phenoxy) is 1. The van der Waals surface area contributed by atoms with Crippen LogP contribution in [-0.2, 0) is 11.2 Å². The highest BCUT2D eigenvalue weighted by atomic mass is 19.3. The number of aromatic hydroxyl groups is 1. The quantitative estimate of drug-likeness (QED) is 0.348. The minimum Gasteiger partial charge on any atom is -0.504 e. The lowest BCUT2D eigenvalue weighted by Crippen LogP contribution is -2.40. The van der Waals surface area contributed by atoms with E-state index >= 15 is 0 Å². The van der Waals surface area contributed by atoms with Gasteiger partial charge in [-0.05, 0) is 49.7 Å². The third-order valence-electron chi connectivity index (χ3n) is 5.33. The van der Waals surface area contributed by atoms with Gasteiger partial charge >= 0.3 is 0 Å². The molecule has 0 fully saturated rings. The van der Waals surface area contributed by atoms with Gasteiger partial charge in [-0.2, -0.15) is 0 Å². The number of aromatic nitrogens is 1. The van der Waals surface area contributed by atoms with E-state index in [1.807, 2.05) is 13.0 Å². The number of phenolic OH excluding ortho intramolecular Hbond substituents is 1. The second-order valence-electron chi connectivity index (χ2n) is 7.68. The SMILES string of the molecule is CCOc1cccc(C(=O)NCC(=O)N(CC)c2ccc(OF)c(O)c2)c1C(=N)Cc1cccnc1. The number of benzene rings is 2. The average molecular weight is 495 g/mol. The molecule has 0 bridgehead atoms. The third-order valence-corrected chi connectivity index (χ3v) is 5.33. The molecule has 3 aromatic rings. The first-order valence-corrected chi connectivity index (χ1v) is 11.3. The first kappa shape index (κ1) is 26.1. The highest BCUT2D eigenvalue weighted by molar-refractivity contribution is 6.12. The van der Waals surface area contributed by atoms with Crippen molar-refractivity contribution in [1.29, 1.82) is 5.41 Å². The summed E-state index contributed by atoms with van der Waals surface area (Å²) in [7, 11) is 0. The van der Waals surface area contributed by atoms with E-state index in [-0.39, 0.29) is 36.5 Å². The number of nitrogens with one attached hydrogen (secondary N) is 2. The van der Waals surface area contributed by atoms with E-state index < -0.39 is 17.6 Å². The van der Waals surface area contributed by atoms with Gasteiger partial charge in [0.1, 0.15) is 5.75 Å². The Balaban J connectivity index is 1.79. The Kier molecular flexibility index (Phi) is 8.93. The second-order valence-corrected chi connectivity index (χ2v) is 7.68. The summed E-state index contributed by atoms with van der Waals surface area (Å²) in [6.07, 6.45) is 3.53. The van der Waals surface area contributed by atoms with Crippen LogP contribution >= 0.6 is 0 Å². The summed E-state index contributed by atoms with van der Waals surface area (Å²) in [5, 5.41) is 21.1. The number of rotatable bonds is 11. The summed E-state index contributed by atoms with van der Waals surface area (Å²) in [6.45, 7) is 3.78. The minimum absolute atomic E-state index is 0.171. The van der Waals surface area contributed by atoms with Gasteiger partial charge in [0.05, 0.1) is 24.3 Å². The summed E-state index contributed by atoms with van der Waals surface area (Å²) in [5.74, 6) is -1.44. The molecule has 0 unspecified atom stereocenters. The number of carbonyl (C=O) groups is 2. The van der Waals surface area contributed by atoms with Crippen molar-refractivity contribution in [1.82, 2.24) is 10.3 Å². The number of nitrogens with zero attached hydrogens (tertiary/aromatic N) is 2. The van der Waals surface area contributed by atoms with E-state index in [0.29, 0.717) is 23.6 Å². The highest BCUT2D eigenvalue weighted by Crippen LogP contribution is 2.31. The molecule has 1 heterocycles. The number of anilines is 1. The fraction of sp³-hybridized carbons (Fsp3) is 0.231. The maximum absolute atomic E-state index is 13.1. The predicted molar refractivity (Wildman–Crippen MR) is 133 cm³/mol. The zero-order valence-corrected chi connectivity index (χ0v) is 20.0. The van der Waals surface area contributed by atoms with Crippen LogP contribution in [0.15, 0.2) is 60.9 Å². The third kappa shape index (κ3) is 6.15. The van der Waals surface area contributed by atoms with E-state index in [1.54, 1.807) is 43.6 Å². The molecule has 36 heavy (non-hydrogen) atoms. The van der Waals surface area contributed by atoms with Gasteiger partial charge in [0, 0.05) is 47.4 Å². The Morgan fingerprint density at radius 3 is 2.58 bits per heavy atom. The Hall–Kier alpha value is -4.47. The lowest BCUT2D eigenvalue weighted by molar-refractivity contribution is -0.117. The molecule has 0 saturated heterocycles. The van der Waals surface area contributed by atoms with Crippen LogP contribution in [0.4, 0.5) is 10.2 Å². The first-order valence-electron chi connectivity index (χ1n) is 11.3. The summed E-state index contributed by atoms with van der Waals surface area (Å²) in [5.41, 5.74) is 1.83. The van der Waals surface area contributed by atoms with Crippen LogP contribution in [0.2, 0.25) is 0 Å². The zero-order valence-electron chi connectivity index (χ0n) is 20.0. The van der Waals surface area contributed by atoms with Crippen molar-refractivity contribution in [3.63, 3.8) is 0 Å². The predicted octanol–water partition coefficient (Wildman–Crippen LogP) is 3.84. The molecule has 2 aromatic carbocycles. The maximum atomic E-state index is 13.1. The van der Waals surface area contributed by atoms with Gasteiger partial charge in [-0.25, -0.2) is 0 Å². The molecule has 0 atom stereocenters. The van der Waals surface area contributed by atoms with Crippen molar-refractivity contribution in [2.24, 2.45) is 0 Å². The molecule has 188 valence electrons. The molecule has 9 nitrogen and oxygen atoms in total. The molecular formula is C26H27FN4O5. The van der Waals surface area contributed by atoms with Crippen molar-refractivity contribution in [2.45, 2.75) is 20.3 Å². The number of halogens is 1. The Morgan fingerprint density at radius 2 is 1.94 bits per heavy atom. The van der Waals surface area contributed by atoms with E-state index in [1.165, 1.54) is 23.1 Å². The van der Waals surface area contributed by atoms with Crippen molar-refractivity contribution < 1.29 is 28.9 Å². The molecule has 0 aliphatic heterocycles. The van der Waals surface area contributed by atoms with Gasteiger partial charge in [0.25, 0.3) is 5.91 Å². The van der Waals surface area contributed by atoms with Gasteiger partial charge in [-0.15, -0.1) is 0 Å². The van der Waals surface area contributed by atoms with Crippen LogP contribution in [0.5, 0.6) is 17.2 Å². The molecule has 0 radical (unpaired) electrons. The largest absolute Gasteiger partial charge is 0.504 e. The number of amides is 2. The minimum atomic E-state index is -0.545. The summed E-state index contributed by atoms with van der Waals surface area (Å²) >= 11 is 0. The second kappa shape index (κ2) is 12.3. The van der Waals surface area contributed by atoms with Crippen LogP contribution in [0, 0.1) is 5.41 Å². The van der Waals surface area contributed by atoms with E-state index in [9.17, 15) is 19.2 Å². The molecular weight excluding hydrogens is 467 g/mol. The first-order chi connectivity index (χ1) is 17.4. The smallest absolute Gasteiger partial charge is 0.252 e. The van der Waals surface area contributed by atoms with Crippen molar-refractivity contribution in [3.8, 4) is 17.2 Å². The van der Waals surface area contributed by atoms with Gasteiger partial charge in [-0.3, -0.25) is 19.5 Å². The number of likely N-dealkylation sites (N-methyl/N-ethyl adjacent to an activating group) is 1. The zero-order chi connectivity index (χ0) is 26.1. The average Bonchev–Trinajstić information content (AvgIpc) is 2.88. The Morgan fingerprint density at radius 1 is 1.14 bits per heavy atom. The van der Waals surface area contributed by atoms with Crippen molar-refractivity contribution in [2.75, 3.05) is 24.6 Å². The van der Waals surface area contributed by atoms with Gasteiger partial charge in [-0.1, -0.05) is 12.1 Å². The molecule has 10 heteroatoms. The van der Waals surface area contributed by atoms with Crippen LogP contribution < -0.4 is 19.9 Å². The number of carbonyl (C=O) groups excluding carboxylic acids is 2. The Bertz CT molecular complexity index is 1240. The molecule has 3 N–H and O–H groups in total. The molecule has 2 amide bonds. The van der Waals surface area contributed by atoms with E-state index in [0.717, 1.165) is 5.56 Å². The molecule has 0 saturated carbocycles. The summed E-state index contributed by atoms with van der Waals surface area (Å²) < 4.78 is 18.1. The fourth-order valence-corrected chi connectivity index (χ4v) is 3.69. The van der Waals surface area contributed by atoms with Gasteiger partial charge in [0.2, 0.25) is 11.7 Å². The van der Waals surface area contributed by atoms with Crippen LogP contribution in [0.3, 0.4) is 0 Å². The number of phenols is 1. The highest BCUT2D eigenvalue weighted by Gasteiger charge is 2.22. The number of pyridine rings is 1. The molecule has 0 aliphatic rings. The van der Waals surface area contributed by atoms with E-state index in [2.05, 4.69) is 15.2 Å². The Labute approximate surface area is 207 Å². The normalized spacial score (nSPS) is 10.4. The topological polar surface area (TPSA) is 125 Å². The van der Waals surface area contributed by atoms with E-state index in [4.69, 9.17) is 10.1 Å². The van der Waals surface area contributed by atoms with Crippen molar-refractivity contribution >= 4 is 23.2 Å². The molecule has 1 aromatic heterocycles. The molecule has 3 rings (SSSR count). The standard InChI is InChI=1S/C26H27FN4O5/c1-3-31(18-10-11-22(36-27)21(32)14-18)24(33)16-30-26(34)19-8-5-9-23(35-4-2)25(19)20(28)13-17-7-6-12-29-15-17/h5-12,14-15,28,32H,3-4,13,16H2,1-2H3,(H,30,34). The monoisotopic (exact) mass is 494 g/mol. The number of hydrogen-bond acceptors (Lipinski definition) is 7. The lowest BCUT2D eigenvalue weighted by atomic mass is 9.96. The summed E-state index contributed by atoms with van der Waals surface area (Å²) in [6, 6.07) is 12.3. The van der Waals surface area contributed by atoms with Gasteiger partial charge in [0.15, 0.2) is 5.75 Å². The molecule has 0 aliphatic carbocycles.